The molecule has 1 atom stereocenters. The number of nitrogens with zero attached hydrogens (tertiary/aromatic N) is 4. The lowest BCUT2D eigenvalue weighted by atomic mass is 10.1. The van der Waals surface area contributed by atoms with E-state index in [9.17, 15) is 9.59 Å². The monoisotopic (exact) mass is 397 g/mol. The topological polar surface area (TPSA) is 70.5 Å². The summed E-state index contributed by atoms with van der Waals surface area (Å²) >= 11 is 0. The maximum atomic E-state index is 12.5. The van der Waals surface area contributed by atoms with Crippen molar-refractivity contribution in [3.05, 3.63) is 58.5 Å². The van der Waals surface area contributed by atoms with Gasteiger partial charge >= 0.3 is 0 Å². The van der Waals surface area contributed by atoms with Gasteiger partial charge < -0.3 is 10.2 Å². The summed E-state index contributed by atoms with van der Waals surface area (Å²) in [7, 11) is 1.63. The summed E-state index contributed by atoms with van der Waals surface area (Å²) in [6.07, 6.45) is 3.42. The second-order valence-electron chi connectivity index (χ2n) is 7.61. The lowest BCUT2D eigenvalue weighted by Crippen LogP contribution is -2.35. The van der Waals surface area contributed by atoms with E-state index in [1.165, 1.54) is 10.2 Å². The fourth-order valence-electron chi connectivity index (χ4n) is 3.69. The van der Waals surface area contributed by atoms with E-state index >= 15 is 0 Å². The molecule has 1 aromatic carbocycles. The van der Waals surface area contributed by atoms with Crippen molar-refractivity contribution >= 4 is 11.6 Å². The average molecular weight is 398 g/mol. The van der Waals surface area contributed by atoms with E-state index in [4.69, 9.17) is 0 Å². The molecular weight excluding hydrogens is 366 g/mol. The van der Waals surface area contributed by atoms with Crippen LogP contribution in [0.2, 0.25) is 0 Å². The molecular formula is C22H31N5O2. The molecule has 0 aliphatic carbocycles. The van der Waals surface area contributed by atoms with Crippen molar-refractivity contribution in [1.29, 1.82) is 0 Å². The quantitative estimate of drug-likeness (QED) is 0.652. The highest BCUT2D eigenvalue weighted by atomic mass is 16.2. The predicted octanol–water partition coefficient (Wildman–Crippen LogP) is 1.64. The Morgan fingerprint density at radius 3 is 2.83 bits per heavy atom. The Kier molecular flexibility index (Phi) is 7.41. The molecule has 1 aliphatic heterocycles. The molecule has 1 unspecified atom stereocenters. The number of anilines is 1. The zero-order chi connectivity index (χ0) is 20.6. The number of carbonyl (C=O) groups excluding carboxylic acids is 1. The molecule has 1 aliphatic rings. The van der Waals surface area contributed by atoms with Crippen LogP contribution in [0.1, 0.15) is 25.3 Å². The molecule has 7 heteroatoms. The van der Waals surface area contributed by atoms with Crippen LogP contribution in [0.4, 0.5) is 5.69 Å². The molecule has 0 saturated carbocycles. The van der Waals surface area contributed by atoms with E-state index in [0.717, 1.165) is 44.7 Å². The number of nitrogens with one attached hydrogen (secondary N) is 1. The fourth-order valence-corrected chi connectivity index (χ4v) is 3.69. The first kappa shape index (κ1) is 21.0. The zero-order valence-electron chi connectivity index (χ0n) is 17.4. The second-order valence-corrected chi connectivity index (χ2v) is 7.61. The predicted molar refractivity (Wildman–Crippen MR) is 115 cm³/mol. The minimum atomic E-state index is -0.133. The number of hydrogen-bond donors (Lipinski definition) is 1. The molecule has 29 heavy (non-hydrogen) atoms. The first-order valence-electron chi connectivity index (χ1n) is 10.4. The molecule has 1 fully saturated rings. The van der Waals surface area contributed by atoms with Gasteiger partial charge in [-0.1, -0.05) is 37.3 Å². The Morgan fingerprint density at radius 1 is 1.31 bits per heavy atom. The minimum Gasteiger partial charge on any atom is -0.369 e. The van der Waals surface area contributed by atoms with Crippen molar-refractivity contribution < 1.29 is 4.79 Å². The Labute approximate surface area is 172 Å². The van der Waals surface area contributed by atoms with Crippen molar-refractivity contribution in [2.45, 2.75) is 26.3 Å². The maximum Gasteiger partial charge on any atom is 0.268 e. The van der Waals surface area contributed by atoms with Crippen LogP contribution >= 0.6 is 0 Å². The van der Waals surface area contributed by atoms with Gasteiger partial charge in [0, 0.05) is 45.8 Å². The highest BCUT2D eigenvalue weighted by Crippen LogP contribution is 2.22. The van der Waals surface area contributed by atoms with Gasteiger partial charge in [0.05, 0.1) is 17.8 Å². The molecule has 0 spiro atoms. The normalized spacial score (nSPS) is 16.4. The average Bonchev–Trinajstić information content (AvgIpc) is 3.23. The third kappa shape index (κ3) is 5.90. The summed E-state index contributed by atoms with van der Waals surface area (Å²) in [4.78, 5) is 28.7. The number of hydrogen-bond acceptors (Lipinski definition) is 5. The van der Waals surface area contributed by atoms with E-state index < -0.39 is 0 Å². The smallest absolute Gasteiger partial charge is 0.268 e. The number of amides is 1. The largest absolute Gasteiger partial charge is 0.369 e. The van der Waals surface area contributed by atoms with Crippen LogP contribution in [-0.2, 0) is 18.4 Å². The van der Waals surface area contributed by atoms with Crippen LogP contribution in [0, 0.1) is 5.92 Å². The van der Waals surface area contributed by atoms with Gasteiger partial charge in [-0.25, -0.2) is 4.68 Å². The summed E-state index contributed by atoms with van der Waals surface area (Å²) in [6.45, 7) is 7.15. The van der Waals surface area contributed by atoms with Crippen LogP contribution in [-0.4, -0.2) is 53.3 Å². The lowest BCUT2D eigenvalue weighted by Gasteiger charge is -2.21. The number of rotatable bonds is 9. The number of benzene rings is 1. The third-order valence-corrected chi connectivity index (χ3v) is 5.52. The Morgan fingerprint density at radius 2 is 2.10 bits per heavy atom. The summed E-state index contributed by atoms with van der Waals surface area (Å²) in [5.74, 6) is 0.0704. The molecule has 2 heterocycles. The zero-order valence-corrected chi connectivity index (χ0v) is 17.4. The molecule has 1 N–H and O–H groups in total. The summed E-state index contributed by atoms with van der Waals surface area (Å²) < 4.78 is 1.31. The van der Waals surface area contributed by atoms with Crippen LogP contribution in [0.25, 0.3) is 0 Å². The molecule has 3 rings (SSSR count). The lowest BCUT2D eigenvalue weighted by molar-refractivity contribution is -0.124. The number of carbonyl (C=O) groups is 1. The van der Waals surface area contributed by atoms with Crippen molar-refractivity contribution in [3.63, 3.8) is 0 Å². The van der Waals surface area contributed by atoms with Crippen molar-refractivity contribution in [2.75, 3.05) is 37.6 Å². The Hall–Kier alpha value is -2.67. The van der Waals surface area contributed by atoms with Crippen molar-refractivity contribution in [3.8, 4) is 0 Å². The molecule has 2 aromatic rings. The van der Waals surface area contributed by atoms with Gasteiger partial charge in [0.1, 0.15) is 0 Å². The summed E-state index contributed by atoms with van der Waals surface area (Å²) in [5, 5.41) is 7.15. The molecule has 0 radical (unpaired) electrons. The van der Waals surface area contributed by atoms with Gasteiger partial charge in [0.2, 0.25) is 5.91 Å². The number of aryl methyl sites for hydroxylation is 1. The molecule has 0 bridgehead atoms. The molecule has 1 saturated heterocycles. The molecule has 156 valence electrons. The van der Waals surface area contributed by atoms with E-state index in [1.54, 1.807) is 19.3 Å². The van der Waals surface area contributed by atoms with Crippen molar-refractivity contribution in [1.82, 2.24) is 20.0 Å². The Bertz CT molecular complexity index is 852. The third-order valence-electron chi connectivity index (χ3n) is 5.52. The van der Waals surface area contributed by atoms with Gasteiger partial charge in [0.15, 0.2) is 0 Å². The first-order valence-corrected chi connectivity index (χ1v) is 10.4. The van der Waals surface area contributed by atoms with E-state index in [0.29, 0.717) is 13.1 Å². The van der Waals surface area contributed by atoms with Gasteiger partial charge in [-0.15, -0.1) is 0 Å². The van der Waals surface area contributed by atoms with Gasteiger partial charge in [-0.2, -0.15) is 5.10 Å². The molecule has 7 nitrogen and oxygen atoms in total. The fraction of sp³-hybridized carbons (Fsp3) is 0.500. The molecule has 1 aromatic heterocycles. The van der Waals surface area contributed by atoms with E-state index in [-0.39, 0.29) is 17.4 Å². The number of aromatic nitrogens is 2. The van der Waals surface area contributed by atoms with Crippen LogP contribution in [0.5, 0.6) is 0 Å². The second kappa shape index (κ2) is 10.2. The van der Waals surface area contributed by atoms with E-state index in [2.05, 4.69) is 51.4 Å². The standard InChI is InChI=1S/C22H31N5O2/c1-3-26(16-18-8-5-4-6-9-18)12-7-11-23-22(29)19-10-13-27(17-19)20-14-21(28)25(2)24-15-20/h4-6,8-9,14-15,19H,3,7,10-13,16-17H2,1-2H3,(H,23,29). The minimum absolute atomic E-state index is 0.0364. The van der Waals surface area contributed by atoms with Crippen molar-refractivity contribution in [2.24, 2.45) is 13.0 Å². The summed E-state index contributed by atoms with van der Waals surface area (Å²) in [5.41, 5.74) is 1.98. The van der Waals surface area contributed by atoms with Gasteiger partial charge in [-0.3, -0.25) is 14.5 Å². The van der Waals surface area contributed by atoms with E-state index in [1.807, 2.05) is 6.07 Å². The highest BCUT2D eigenvalue weighted by molar-refractivity contribution is 5.80. The van der Waals surface area contributed by atoms with Crippen LogP contribution in [0.3, 0.4) is 0 Å². The first-order chi connectivity index (χ1) is 14.1. The maximum absolute atomic E-state index is 12.5. The highest BCUT2D eigenvalue weighted by Gasteiger charge is 2.28. The van der Waals surface area contributed by atoms with Gasteiger partial charge in [0.25, 0.3) is 5.56 Å². The SMILES string of the molecule is CCN(CCCNC(=O)C1CCN(c2cnn(C)c(=O)c2)C1)Cc1ccccc1. The van der Waals surface area contributed by atoms with Gasteiger partial charge in [-0.05, 0) is 24.9 Å². The molecule has 1 amide bonds. The van der Waals surface area contributed by atoms with Crippen LogP contribution < -0.4 is 15.8 Å². The van der Waals surface area contributed by atoms with Crippen LogP contribution in [0.15, 0.2) is 47.4 Å². The Balaban J connectivity index is 1.39. The summed E-state index contributed by atoms with van der Waals surface area (Å²) in [6, 6.07) is 12.0.